The SMILES string of the molecule is CCOc1cc(C(=O)N(C)Cc2ccc(N3CCOCC3)cc2)ccc1OCC(=O)N1CCCCC1. The van der Waals surface area contributed by atoms with Crippen molar-refractivity contribution >= 4 is 17.5 Å². The highest BCUT2D eigenvalue weighted by atomic mass is 16.5. The minimum atomic E-state index is -0.107. The first-order chi connectivity index (χ1) is 17.5. The van der Waals surface area contributed by atoms with Gasteiger partial charge < -0.3 is 28.9 Å². The lowest BCUT2D eigenvalue weighted by molar-refractivity contribution is -0.134. The maximum absolute atomic E-state index is 13.2. The molecule has 36 heavy (non-hydrogen) atoms. The number of hydrogen-bond acceptors (Lipinski definition) is 6. The molecule has 0 unspecified atom stereocenters. The summed E-state index contributed by atoms with van der Waals surface area (Å²) in [6, 6.07) is 13.5. The van der Waals surface area contributed by atoms with Gasteiger partial charge in [0.15, 0.2) is 18.1 Å². The van der Waals surface area contributed by atoms with Gasteiger partial charge in [-0.3, -0.25) is 9.59 Å². The number of rotatable bonds is 9. The molecule has 2 aliphatic heterocycles. The van der Waals surface area contributed by atoms with Gasteiger partial charge in [-0.1, -0.05) is 12.1 Å². The van der Waals surface area contributed by atoms with E-state index in [2.05, 4.69) is 29.2 Å². The van der Waals surface area contributed by atoms with E-state index in [1.165, 1.54) is 12.1 Å². The Morgan fingerprint density at radius 3 is 2.33 bits per heavy atom. The highest BCUT2D eigenvalue weighted by molar-refractivity contribution is 5.94. The summed E-state index contributed by atoms with van der Waals surface area (Å²) in [6.07, 6.45) is 3.25. The number of hydrogen-bond donors (Lipinski definition) is 0. The molecule has 194 valence electrons. The molecule has 2 fully saturated rings. The van der Waals surface area contributed by atoms with Crippen molar-refractivity contribution in [2.24, 2.45) is 0 Å². The zero-order valence-electron chi connectivity index (χ0n) is 21.4. The third-order valence-electron chi connectivity index (χ3n) is 6.63. The van der Waals surface area contributed by atoms with Gasteiger partial charge in [-0.15, -0.1) is 0 Å². The molecule has 2 amide bonds. The van der Waals surface area contributed by atoms with Crippen LogP contribution < -0.4 is 14.4 Å². The first-order valence-electron chi connectivity index (χ1n) is 12.9. The topological polar surface area (TPSA) is 71.5 Å². The van der Waals surface area contributed by atoms with Crippen molar-refractivity contribution in [2.75, 3.05) is 64.6 Å². The number of likely N-dealkylation sites (tertiary alicyclic amines) is 1. The minimum absolute atomic E-state index is 0.0170. The van der Waals surface area contributed by atoms with Crippen LogP contribution in [0.4, 0.5) is 5.69 Å². The Labute approximate surface area is 213 Å². The number of carbonyl (C=O) groups excluding carboxylic acids is 2. The van der Waals surface area contributed by atoms with Gasteiger partial charge in [0.1, 0.15) is 0 Å². The van der Waals surface area contributed by atoms with Crippen molar-refractivity contribution in [1.29, 1.82) is 0 Å². The van der Waals surface area contributed by atoms with Gasteiger partial charge in [0.05, 0.1) is 19.8 Å². The maximum atomic E-state index is 13.2. The molecule has 2 aromatic rings. The van der Waals surface area contributed by atoms with Crippen molar-refractivity contribution in [2.45, 2.75) is 32.7 Å². The second-order valence-corrected chi connectivity index (χ2v) is 9.25. The Bertz CT molecular complexity index is 1010. The molecule has 0 saturated carbocycles. The van der Waals surface area contributed by atoms with Crippen LogP contribution in [-0.4, -0.2) is 81.3 Å². The summed E-state index contributed by atoms with van der Waals surface area (Å²) >= 11 is 0. The third kappa shape index (κ3) is 6.69. The Kier molecular flexibility index (Phi) is 9.06. The van der Waals surface area contributed by atoms with Crippen LogP contribution in [0.3, 0.4) is 0 Å². The number of piperidine rings is 1. The number of ether oxygens (including phenoxy) is 3. The van der Waals surface area contributed by atoms with E-state index in [0.29, 0.717) is 30.2 Å². The Hall–Kier alpha value is -3.26. The van der Waals surface area contributed by atoms with E-state index in [4.69, 9.17) is 14.2 Å². The number of benzene rings is 2. The van der Waals surface area contributed by atoms with Crippen LogP contribution in [0.15, 0.2) is 42.5 Å². The van der Waals surface area contributed by atoms with Crippen LogP contribution in [0.25, 0.3) is 0 Å². The smallest absolute Gasteiger partial charge is 0.260 e. The fourth-order valence-electron chi connectivity index (χ4n) is 4.60. The van der Waals surface area contributed by atoms with Crippen LogP contribution in [0.1, 0.15) is 42.1 Å². The van der Waals surface area contributed by atoms with Crippen molar-refractivity contribution in [1.82, 2.24) is 9.80 Å². The molecule has 2 aromatic carbocycles. The normalized spacial score (nSPS) is 15.9. The largest absolute Gasteiger partial charge is 0.490 e. The van der Waals surface area contributed by atoms with Crippen LogP contribution in [-0.2, 0) is 16.1 Å². The molecule has 0 aliphatic carbocycles. The summed E-state index contributed by atoms with van der Waals surface area (Å²) in [5.41, 5.74) is 2.75. The number of carbonyl (C=O) groups is 2. The molecule has 0 atom stereocenters. The average Bonchev–Trinajstić information content (AvgIpc) is 2.93. The van der Waals surface area contributed by atoms with Gasteiger partial charge in [0, 0.05) is 51.0 Å². The maximum Gasteiger partial charge on any atom is 0.260 e. The lowest BCUT2D eigenvalue weighted by atomic mass is 10.1. The Morgan fingerprint density at radius 2 is 1.64 bits per heavy atom. The van der Waals surface area contributed by atoms with E-state index in [9.17, 15) is 9.59 Å². The fraction of sp³-hybridized carbons (Fsp3) is 0.500. The first-order valence-corrected chi connectivity index (χ1v) is 12.9. The zero-order chi connectivity index (χ0) is 25.3. The molecule has 4 rings (SSSR count). The Morgan fingerprint density at radius 1 is 0.917 bits per heavy atom. The monoisotopic (exact) mass is 495 g/mol. The van der Waals surface area contributed by atoms with E-state index in [0.717, 1.165) is 57.8 Å². The average molecular weight is 496 g/mol. The van der Waals surface area contributed by atoms with Gasteiger partial charge in [-0.05, 0) is 62.1 Å². The molecule has 0 radical (unpaired) electrons. The number of nitrogens with zero attached hydrogens (tertiary/aromatic N) is 3. The fourth-order valence-corrected chi connectivity index (χ4v) is 4.60. The highest BCUT2D eigenvalue weighted by Crippen LogP contribution is 2.29. The lowest BCUT2D eigenvalue weighted by Crippen LogP contribution is -2.38. The van der Waals surface area contributed by atoms with Crippen LogP contribution in [0.5, 0.6) is 11.5 Å². The summed E-state index contributed by atoms with van der Waals surface area (Å²) in [4.78, 5) is 31.5. The molecule has 2 heterocycles. The summed E-state index contributed by atoms with van der Waals surface area (Å²) in [5, 5.41) is 0. The van der Waals surface area contributed by atoms with Crippen LogP contribution >= 0.6 is 0 Å². The lowest BCUT2D eigenvalue weighted by Gasteiger charge is -2.29. The molecule has 8 heteroatoms. The molecule has 2 aliphatic rings. The predicted molar refractivity (Wildman–Crippen MR) is 139 cm³/mol. The van der Waals surface area contributed by atoms with Gasteiger partial charge in [-0.2, -0.15) is 0 Å². The summed E-state index contributed by atoms with van der Waals surface area (Å²) in [7, 11) is 1.79. The second kappa shape index (κ2) is 12.6. The van der Waals surface area contributed by atoms with Crippen LogP contribution in [0, 0.1) is 0 Å². The quantitative estimate of drug-likeness (QED) is 0.530. The zero-order valence-corrected chi connectivity index (χ0v) is 21.4. The second-order valence-electron chi connectivity index (χ2n) is 9.25. The summed E-state index contributed by atoms with van der Waals surface area (Å²) in [5.74, 6) is 0.819. The third-order valence-corrected chi connectivity index (χ3v) is 6.63. The van der Waals surface area contributed by atoms with E-state index >= 15 is 0 Å². The molecular formula is C28H37N3O5. The molecule has 0 spiro atoms. The molecule has 0 bridgehead atoms. The molecule has 8 nitrogen and oxygen atoms in total. The standard InChI is InChI=1S/C28H37N3O5/c1-3-35-26-19-23(9-12-25(26)36-21-27(32)31-13-5-4-6-14-31)28(33)29(2)20-22-7-10-24(11-8-22)30-15-17-34-18-16-30/h7-12,19H,3-6,13-18,20-21H2,1-2H3. The van der Waals surface area contributed by atoms with Gasteiger partial charge in [0.25, 0.3) is 11.8 Å². The first kappa shape index (κ1) is 25.8. The van der Waals surface area contributed by atoms with E-state index in [1.54, 1.807) is 30.1 Å². The van der Waals surface area contributed by atoms with E-state index in [1.807, 2.05) is 11.8 Å². The van der Waals surface area contributed by atoms with E-state index < -0.39 is 0 Å². The van der Waals surface area contributed by atoms with Gasteiger partial charge in [0.2, 0.25) is 0 Å². The van der Waals surface area contributed by atoms with Crippen molar-refractivity contribution in [3.05, 3.63) is 53.6 Å². The number of morpholine rings is 1. The predicted octanol–water partition coefficient (Wildman–Crippen LogP) is 3.59. The Balaban J connectivity index is 1.36. The summed E-state index contributed by atoms with van der Waals surface area (Å²) < 4.78 is 17.0. The van der Waals surface area contributed by atoms with Gasteiger partial charge >= 0.3 is 0 Å². The number of anilines is 1. The van der Waals surface area contributed by atoms with E-state index in [-0.39, 0.29) is 18.4 Å². The molecular weight excluding hydrogens is 458 g/mol. The van der Waals surface area contributed by atoms with Crippen molar-refractivity contribution in [3.8, 4) is 11.5 Å². The minimum Gasteiger partial charge on any atom is -0.490 e. The van der Waals surface area contributed by atoms with Crippen molar-refractivity contribution < 1.29 is 23.8 Å². The van der Waals surface area contributed by atoms with Gasteiger partial charge in [-0.25, -0.2) is 0 Å². The number of amides is 2. The summed E-state index contributed by atoms with van der Waals surface area (Å²) in [6.45, 7) is 7.64. The molecule has 0 N–H and O–H groups in total. The molecule has 2 saturated heterocycles. The van der Waals surface area contributed by atoms with Crippen LogP contribution in [0.2, 0.25) is 0 Å². The molecule has 0 aromatic heterocycles. The highest BCUT2D eigenvalue weighted by Gasteiger charge is 2.20. The van der Waals surface area contributed by atoms with Crippen molar-refractivity contribution in [3.63, 3.8) is 0 Å².